The third-order valence-electron chi connectivity index (χ3n) is 4.62. The molecule has 1 heterocycles. The quantitative estimate of drug-likeness (QED) is 0.422. The first-order valence-corrected chi connectivity index (χ1v) is 10.5. The van der Waals surface area contributed by atoms with Crippen LogP contribution < -0.4 is 16.0 Å². The van der Waals surface area contributed by atoms with Gasteiger partial charge < -0.3 is 25.2 Å². The van der Waals surface area contributed by atoms with Crippen molar-refractivity contribution in [1.82, 2.24) is 21.1 Å². The maximum Gasteiger partial charge on any atom is 0.408 e. The molecule has 29 heavy (non-hydrogen) atoms. The molecule has 0 atom stereocenters. The summed E-state index contributed by atoms with van der Waals surface area (Å²) in [5.74, 6) is 1.69. The second-order valence-corrected chi connectivity index (χ2v) is 8.54. The van der Waals surface area contributed by atoms with Crippen LogP contribution in [-0.2, 0) is 11.3 Å². The standard InChI is InChI=1S/C21H39N5O3/c1-9-21(10-2,25-19(27)28-20(6,7)8)14-24-18(22-11-3)23-13-16-12-17(15(4)5)26-29-16/h12,15H,9-11,13-14H2,1-8H3,(H,25,27)(H2,22,23,24). The third-order valence-corrected chi connectivity index (χ3v) is 4.62. The van der Waals surface area contributed by atoms with Gasteiger partial charge in [-0.25, -0.2) is 9.79 Å². The molecule has 0 bridgehead atoms. The molecule has 0 aliphatic rings. The molecule has 0 aliphatic carbocycles. The average molecular weight is 410 g/mol. The van der Waals surface area contributed by atoms with Gasteiger partial charge >= 0.3 is 6.09 Å². The Hall–Kier alpha value is -2.25. The van der Waals surface area contributed by atoms with E-state index >= 15 is 0 Å². The number of hydrogen-bond donors (Lipinski definition) is 3. The summed E-state index contributed by atoms with van der Waals surface area (Å²) in [5.41, 5.74) is -0.0477. The Morgan fingerprint density at radius 3 is 2.34 bits per heavy atom. The monoisotopic (exact) mass is 409 g/mol. The van der Waals surface area contributed by atoms with E-state index in [1.165, 1.54) is 0 Å². The number of hydrogen-bond acceptors (Lipinski definition) is 5. The molecule has 1 aromatic rings. The Balaban J connectivity index is 2.79. The Morgan fingerprint density at radius 1 is 1.21 bits per heavy atom. The van der Waals surface area contributed by atoms with Crippen molar-refractivity contribution < 1.29 is 14.1 Å². The lowest BCUT2D eigenvalue weighted by molar-refractivity contribution is 0.0448. The van der Waals surface area contributed by atoms with Crippen LogP contribution in [0.4, 0.5) is 4.79 Å². The van der Waals surface area contributed by atoms with E-state index in [-0.39, 0.29) is 0 Å². The lowest BCUT2D eigenvalue weighted by Gasteiger charge is -2.34. The maximum atomic E-state index is 12.3. The predicted molar refractivity (Wildman–Crippen MR) is 116 cm³/mol. The molecule has 8 nitrogen and oxygen atoms in total. The molecular formula is C21H39N5O3. The van der Waals surface area contributed by atoms with Crippen molar-refractivity contribution in [3.63, 3.8) is 0 Å². The second kappa shape index (κ2) is 11.1. The number of nitrogens with one attached hydrogen (secondary N) is 3. The Labute approximate surface area is 175 Å². The van der Waals surface area contributed by atoms with Crippen LogP contribution in [0.25, 0.3) is 0 Å². The zero-order chi connectivity index (χ0) is 22.1. The summed E-state index contributed by atoms with van der Waals surface area (Å²) in [6.45, 7) is 17.5. The summed E-state index contributed by atoms with van der Waals surface area (Å²) in [4.78, 5) is 16.9. The van der Waals surface area contributed by atoms with Crippen molar-refractivity contribution in [3.05, 3.63) is 17.5 Å². The van der Waals surface area contributed by atoms with E-state index in [2.05, 4.69) is 53.8 Å². The van der Waals surface area contributed by atoms with Crippen LogP contribution in [0.5, 0.6) is 0 Å². The topological polar surface area (TPSA) is 101 Å². The number of amides is 1. The number of aliphatic imine (C=N–C) groups is 1. The van der Waals surface area contributed by atoms with Crippen molar-refractivity contribution in [2.75, 3.05) is 13.1 Å². The fraction of sp³-hybridized carbons (Fsp3) is 0.762. The molecule has 1 aromatic heterocycles. The summed E-state index contributed by atoms with van der Waals surface area (Å²) < 4.78 is 10.8. The molecule has 0 saturated carbocycles. The molecule has 1 amide bonds. The van der Waals surface area contributed by atoms with E-state index in [1.807, 2.05) is 33.8 Å². The maximum absolute atomic E-state index is 12.3. The average Bonchev–Trinajstić information content (AvgIpc) is 3.10. The minimum Gasteiger partial charge on any atom is -0.444 e. The van der Waals surface area contributed by atoms with Crippen LogP contribution in [0.2, 0.25) is 0 Å². The highest BCUT2D eigenvalue weighted by Crippen LogP contribution is 2.17. The molecule has 0 saturated heterocycles. The Bertz CT molecular complexity index is 658. The minimum absolute atomic E-state index is 0.316. The van der Waals surface area contributed by atoms with Gasteiger partial charge in [0.05, 0.1) is 11.2 Å². The number of rotatable bonds is 9. The van der Waals surface area contributed by atoms with Crippen molar-refractivity contribution in [2.45, 2.75) is 91.8 Å². The molecule has 0 radical (unpaired) electrons. The van der Waals surface area contributed by atoms with Crippen molar-refractivity contribution in [2.24, 2.45) is 4.99 Å². The fourth-order valence-corrected chi connectivity index (χ4v) is 2.67. The number of carbonyl (C=O) groups is 1. The first kappa shape index (κ1) is 24.8. The lowest BCUT2D eigenvalue weighted by Crippen LogP contribution is -2.57. The molecule has 166 valence electrons. The van der Waals surface area contributed by atoms with Crippen molar-refractivity contribution in [3.8, 4) is 0 Å². The molecule has 0 aliphatic heterocycles. The number of ether oxygens (including phenoxy) is 1. The Kier molecular flexibility index (Phi) is 9.46. The molecular weight excluding hydrogens is 370 g/mol. The molecule has 1 rings (SSSR count). The highest BCUT2D eigenvalue weighted by atomic mass is 16.6. The summed E-state index contributed by atoms with van der Waals surface area (Å²) in [6, 6.07) is 1.93. The highest BCUT2D eigenvalue weighted by molar-refractivity contribution is 5.80. The van der Waals surface area contributed by atoms with Crippen molar-refractivity contribution in [1.29, 1.82) is 0 Å². The van der Waals surface area contributed by atoms with Gasteiger partial charge in [0.15, 0.2) is 11.7 Å². The van der Waals surface area contributed by atoms with Crippen molar-refractivity contribution >= 4 is 12.1 Å². The summed E-state index contributed by atoms with van der Waals surface area (Å²) in [5, 5.41) is 13.7. The fourth-order valence-electron chi connectivity index (χ4n) is 2.67. The summed E-state index contributed by atoms with van der Waals surface area (Å²) >= 11 is 0. The Morgan fingerprint density at radius 2 is 1.86 bits per heavy atom. The first-order chi connectivity index (χ1) is 13.5. The van der Waals surface area contributed by atoms with Crippen LogP contribution in [0.15, 0.2) is 15.6 Å². The zero-order valence-corrected chi connectivity index (χ0v) is 19.3. The number of alkyl carbamates (subject to hydrolysis) is 1. The second-order valence-electron chi connectivity index (χ2n) is 8.54. The van der Waals surface area contributed by atoms with Gasteiger partial charge in [0.2, 0.25) is 0 Å². The molecule has 3 N–H and O–H groups in total. The van der Waals surface area contributed by atoms with Gasteiger partial charge in [-0.2, -0.15) is 0 Å². The molecule has 8 heteroatoms. The van der Waals surface area contributed by atoms with E-state index in [4.69, 9.17) is 9.26 Å². The van der Waals surface area contributed by atoms with Crippen LogP contribution in [0.3, 0.4) is 0 Å². The molecule has 0 unspecified atom stereocenters. The zero-order valence-electron chi connectivity index (χ0n) is 19.3. The van der Waals surface area contributed by atoms with Gasteiger partial charge in [-0.05, 0) is 46.5 Å². The SMILES string of the molecule is CCNC(=NCc1cc(C(C)C)no1)NCC(CC)(CC)NC(=O)OC(C)(C)C. The van der Waals surface area contributed by atoms with Gasteiger partial charge in [0.1, 0.15) is 12.1 Å². The normalized spacial score (nSPS) is 12.8. The van der Waals surface area contributed by atoms with Gasteiger partial charge in [-0.1, -0.05) is 32.9 Å². The first-order valence-electron chi connectivity index (χ1n) is 10.5. The predicted octanol–water partition coefficient (Wildman–Crippen LogP) is 3.94. The third kappa shape index (κ3) is 8.75. The van der Waals surface area contributed by atoms with Gasteiger partial charge in [-0.3, -0.25) is 0 Å². The van der Waals surface area contributed by atoms with Crippen LogP contribution in [0, 0.1) is 0 Å². The van der Waals surface area contributed by atoms with Crippen LogP contribution >= 0.6 is 0 Å². The van der Waals surface area contributed by atoms with E-state index in [1.54, 1.807) is 0 Å². The molecule has 0 fully saturated rings. The smallest absolute Gasteiger partial charge is 0.408 e. The van der Waals surface area contributed by atoms with Gasteiger partial charge in [0.25, 0.3) is 0 Å². The van der Waals surface area contributed by atoms with E-state index in [0.717, 1.165) is 30.8 Å². The van der Waals surface area contributed by atoms with E-state index < -0.39 is 17.2 Å². The van der Waals surface area contributed by atoms with Gasteiger partial charge in [0, 0.05) is 19.2 Å². The molecule has 0 aromatic carbocycles. The minimum atomic E-state index is -0.535. The van der Waals surface area contributed by atoms with E-state index in [0.29, 0.717) is 25.0 Å². The summed E-state index contributed by atoms with van der Waals surface area (Å²) in [7, 11) is 0. The van der Waals surface area contributed by atoms with Crippen LogP contribution in [0.1, 0.15) is 85.6 Å². The van der Waals surface area contributed by atoms with E-state index in [9.17, 15) is 4.79 Å². The lowest BCUT2D eigenvalue weighted by atomic mass is 9.93. The summed E-state index contributed by atoms with van der Waals surface area (Å²) in [6.07, 6.45) is 1.11. The van der Waals surface area contributed by atoms with Gasteiger partial charge in [-0.15, -0.1) is 0 Å². The number of aromatic nitrogens is 1. The molecule has 0 spiro atoms. The number of carbonyl (C=O) groups excluding carboxylic acids is 1. The largest absolute Gasteiger partial charge is 0.444 e. The van der Waals surface area contributed by atoms with Crippen LogP contribution in [-0.4, -0.2) is 41.4 Å². The number of nitrogens with zero attached hydrogens (tertiary/aromatic N) is 2. The highest BCUT2D eigenvalue weighted by Gasteiger charge is 2.30. The number of guanidine groups is 1.